The van der Waals surface area contributed by atoms with Crippen LogP contribution in [-0.4, -0.2) is 47.4 Å². The second-order valence-electron chi connectivity index (χ2n) is 6.83. The van der Waals surface area contributed by atoms with Gasteiger partial charge in [-0.25, -0.2) is 23.0 Å². The molecule has 140 valence electrons. The summed E-state index contributed by atoms with van der Waals surface area (Å²) in [6.07, 6.45) is 5.23. The highest BCUT2D eigenvalue weighted by Gasteiger charge is 2.28. The average Bonchev–Trinajstić information content (AvgIpc) is 3.14. The molecule has 0 spiro atoms. The van der Waals surface area contributed by atoms with Crippen molar-refractivity contribution >= 4 is 21.4 Å². The Hall–Kier alpha value is -2.71. The van der Waals surface area contributed by atoms with Crippen molar-refractivity contribution in [1.82, 2.24) is 19.6 Å². The lowest BCUT2D eigenvalue weighted by atomic mass is 10.1. The number of hydrogen-bond donors (Lipinski definition) is 0. The first kappa shape index (κ1) is 17.7. The quantitative estimate of drug-likeness (QED) is 0.693. The Morgan fingerprint density at radius 3 is 2.41 bits per heavy atom. The van der Waals surface area contributed by atoms with Crippen LogP contribution in [0.3, 0.4) is 0 Å². The topological polar surface area (TPSA) is 70.8 Å². The van der Waals surface area contributed by atoms with Crippen LogP contribution in [0.1, 0.15) is 13.8 Å². The van der Waals surface area contributed by atoms with E-state index in [1.54, 1.807) is 28.8 Å². The fourth-order valence-corrected chi connectivity index (χ4v) is 3.98. The Morgan fingerprint density at radius 1 is 1.11 bits per heavy atom. The molecule has 27 heavy (non-hydrogen) atoms. The van der Waals surface area contributed by atoms with E-state index in [0.717, 1.165) is 22.5 Å². The van der Waals surface area contributed by atoms with Crippen LogP contribution in [0.15, 0.2) is 59.3 Å². The first-order valence-corrected chi connectivity index (χ1v) is 10.5. The molecular formula is C19H21N5O2S. The Bertz CT molecular complexity index is 1150. The summed E-state index contributed by atoms with van der Waals surface area (Å²) in [6.45, 7) is 4.16. The predicted octanol–water partition coefficient (Wildman–Crippen LogP) is 2.76. The third-order valence-electron chi connectivity index (χ3n) is 4.86. The zero-order valence-corrected chi connectivity index (χ0v) is 16.5. The molecule has 1 aromatic carbocycles. The molecule has 8 heteroatoms. The predicted molar refractivity (Wildman–Crippen MR) is 105 cm³/mol. The number of hydrogen-bond acceptors (Lipinski definition) is 6. The van der Waals surface area contributed by atoms with Crippen molar-refractivity contribution < 1.29 is 8.42 Å². The molecule has 1 atom stereocenters. The molecule has 0 aliphatic carbocycles. The normalized spacial score (nSPS) is 18.3. The molecule has 3 aromatic rings. The Balaban J connectivity index is 1.80. The summed E-state index contributed by atoms with van der Waals surface area (Å²) in [6, 6.07) is 11.0. The summed E-state index contributed by atoms with van der Waals surface area (Å²) < 4.78 is 25.1. The lowest BCUT2D eigenvalue weighted by molar-refractivity contribution is 0.312. The third-order valence-corrected chi connectivity index (χ3v) is 5.98. The fourth-order valence-electron chi connectivity index (χ4n) is 3.35. The summed E-state index contributed by atoms with van der Waals surface area (Å²) in [5.41, 5.74) is 3.59. The fraction of sp³-hybridized carbons (Fsp3) is 0.263. The molecule has 7 nitrogen and oxygen atoms in total. The largest absolute Gasteiger partial charge is 0.264 e. The van der Waals surface area contributed by atoms with Crippen LogP contribution in [0.25, 0.3) is 16.8 Å². The monoisotopic (exact) mass is 383 g/mol. The van der Waals surface area contributed by atoms with Gasteiger partial charge in [-0.2, -0.15) is 4.98 Å². The van der Waals surface area contributed by atoms with E-state index in [1.165, 1.54) is 6.26 Å². The van der Waals surface area contributed by atoms with E-state index in [4.69, 9.17) is 4.98 Å². The number of likely N-dealkylation sites (N-methyl/N-ethyl adjacent to an activating group) is 1. The van der Waals surface area contributed by atoms with Gasteiger partial charge in [0, 0.05) is 36.8 Å². The van der Waals surface area contributed by atoms with Gasteiger partial charge in [0.25, 0.3) is 5.95 Å². The number of aromatic nitrogens is 3. The van der Waals surface area contributed by atoms with Crippen LogP contribution in [-0.2, 0) is 9.84 Å². The van der Waals surface area contributed by atoms with E-state index in [0.29, 0.717) is 10.8 Å². The van der Waals surface area contributed by atoms with Crippen LogP contribution >= 0.6 is 0 Å². The van der Waals surface area contributed by atoms with Gasteiger partial charge < -0.3 is 0 Å². The summed E-state index contributed by atoms with van der Waals surface area (Å²) in [5, 5.41) is 8.71. The molecule has 0 bridgehead atoms. The van der Waals surface area contributed by atoms with Gasteiger partial charge in [0.2, 0.25) is 0 Å². The maximum Gasteiger partial charge on any atom is 0.264 e. The van der Waals surface area contributed by atoms with Crippen molar-refractivity contribution in [3.8, 4) is 11.1 Å². The lowest BCUT2D eigenvalue weighted by Crippen LogP contribution is -2.38. The van der Waals surface area contributed by atoms with Crippen LogP contribution in [0.5, 0.6) is 0 Å². The molecule has 3 heterocycles. The second-order valence-corrected chi connectivity index (χ2v) is 8.85. The number of anilines is 1. The molecule has 0 fully saturated rings. The van der Waals surface area contributed by atoms with Crippen LogP contribution in [0.4, 0.5) is 5.95 Å². The number of hydrazine groups is 1. The number of fused-ring (bicyclic) bond motifs is 1. The van der Waals surface area contributed by atoms with Crippen molar-refractivity contribution in [3.05, 3.63) is 54.4 Å². The van der Waals surface area contributed by atoms with Gasteiger partial charge >= 0.3 is 0 Å². The van der Waals surface area contributed by atoms with Gasteiger partial charge in [-0.15, -0.1) is 5.10 Å². The minimum atomic E-state index is -3.22. The molecule has 0 saturated carbocycles. The maximum atomic E-state index is 11.7. The minimum absolute atomic E-state index is 0.277. The molecule has 2 aromatic heterocycles. The van der Waals surface area contributed by atoms with Crippen molar-refractivity contribution in [2.75, 3.05) is 18.3 Å². The highest BCUT2D eigenvalue weighted by molar-refractivity contribution is 7.90. The van der Waals surface area contributed by atoms with Gasteiger partial charge in [0.05, 0.1) is 4.90 Å². The van der Waals surface area contributed by atoms with Crippen molar-refractivity contribution in [1.29, 1.82) is 0 Å². The SMILES string of the molecule is CC1=CC(C)N(C)N1c1nc2c(-c3ccc(S(C)(=O)=O)cc3)cccn2n1. The van der Waals surface area contributed by atoms with Crippen LogP contribution in [0.2, 0.25) is 0 Å². The van der Waals surface area contributed by atoms with E-state index in [-0.39, 0.29) is 6.04 Å². The van der Waals surface area contributed by atoms with Gasteiger partial charge in [-0.05, 0) is 49.8 Å². The number of pyridine rings is 1. The van der Waals surface area contributed by atoms with Crippen molar-refractivity contribution in [3.63, 3.8) is 0 Å². The van der Waals surface area contributed by atoms with Gasteiger partial charge in [0.15, 0.2) is 15.5 Å². The van der Waals surface area contributed by atoms with Gasteiger partial charge in [-0.1, -0.05) is 12.1 Å². The molecule has 0 radical (unpaired) electrons. The van der Waals surface area contributed by atoms with E-state index >= 15 is 0 Å². The van der Waals surface area contributed by atoms with Crippen molar-refractivity contribution in [2.45, 2.75) is 24.8 Å². The molecule has 0 saturated heterocycles. The average molecular weight is 383 g/mol. The lowest BCUT2D eigenvalue weighted by Gasteiger charge is -2.27. The second kappa shape index (κ2) is 6.17. The first-order valence-electron chi connectivity index (χ1n) is 8.63. The molecule has 0 N–H and O–H groups in total. The number of nitrogens with zero attached hydrogens (tertiary/aromatic N) is 5. The molecular weight excluding hydrogens is 362 g/mol. The zero-order chi connectivity index (χ0) is 19.3. The van der Waals surface area contributed by atoms with E-state index in [1.807, 2.05) is 37.3 Å². The highest BCUT2D eigenvalue weighted by atomic mass is 32.2. The molecule has 1 aliphatic heterocycles. The number of rotatable bonds is 3. The standard InChI is InChI=1S/C19H21N5O2S/c1-13-12-14(2)24(22(13)3)19-20-18-17(6-5-11-23(18)21-19)15-7-9-16(10-8-15)27(4,25)26/h5-13H,1-4H3. The smallest absolute Gasteiger partial charge is 0.244 e. The zero-order valence-electron chi connectivity index (χ0n) is 15.7. The first-order chi connectivity index (χ1) is 12.8. The summed E-state index contributed by atoms with van der Waals surface area (Å²) in [7, 11) is -1.21. The van der Waals surface area contributed by atoms with E-state index < -0.39 is 9.84 Å². The van der Waals surface area contributed by atoms with Crippen molar-refractivity contribution in [2.24, 2.45) is 0 Å². The van der Waals surface area contributed by atoms with Gasteiger partial charge in [0.1, 0.15) is 0 Å². The molecule has 0 amide bonds. The number of benzene rings is 1. The molecule has 1 unspecified atom stereocenters. The van der Waals surface area contributed by atoms with E-state index in [9.17, 15) is 8.42 Å². The van der Waals surface area contributed by atoms with E-state index in [2.05, 4.69) is 23.1 Å². The number of sulfone groups is 1. The summed E-state index contributed by atoms with van der Waals surface area (Å²) in [4.78, 5) is 5.05. The molecule has 4 rings (SSSR count). The Kier molecular flexibility index (Phi) is 4.05. The Morgan fingerprint density at radius 2 is 1.81 bits per heavy atom. The summed E-state index contributed by atoms with van der Waals surface area (Å²) in [5.74, 6) is 0.607. The third kappa shape index (κ3) is 3.00. The van der Waals surface area contributed by atoms with Crippen LogP contribution < -0.4 is 5.01 Å². The number of allylic oxidation sites excluding steroid dienone is 1. The highest BCUT2D eigenvalue weighted by Crippen LogP contribution is 2.29. The summed E-state index contributed by atoms with van der Waals surface area (Å²) >= 11 is 0. The maximum absolute atomic E-state index is 11.7. The van der Waals surface area contributed by atoms with Crippen LogP contribution in [0, 0.1) is 0 Å². The Labute approximate surface area is 158 Å². The van der Waals surface area contributed by atoms with Gasteiger partial charge in [-0.3, -0.25) is 0 Å². The molecule has 1 aliphatic rings. The minimum Gasteiger partial charge on any atom is -0.244 e.